The van der Waals surface area contributed by atoms with Crippen molar-refractivity contribution >= 4 is 15.7 Å². The van der Waals surface area contributed by atoms with E-state index in [0.29, 0.717) is 11.5 Å². The number of hydrogen-bond donors (Lipinski definition) is 0. The number of amides is 1. The lowest BCUT2D eigenvalue weighted by atomic mass is 9.95. The fraction of sp³-hybridized carbons (Fsp3) is 0.632. The maximum Gasteiger partial charge on any atom is 0.254 e. The molecule has 1 aromatic carbocycles. The van der Waals surface area contributed by atoms with E-state index in [4.69, 9.17) is 4.74 Å². The van der Waals surface area contributed by atoms with Crippen LogP contribution in [0.15, 0.2) is 23.1 Å². The van der Waals surface area contributed by atoms with Gasteiger partial charge in [0, 0.05) is 44.5 Å². The highest BCUT2D eigenvalue weighted by Gasteiger charge is 2.26. The minimum Gasteiger partial charge on any atom is -0.379 e. The van der Waals surface area contributed by atoms with E-state index >= 15 is 0 Å². The average molecular weight is 381 g/mol. The maximum absolute atomic E-state index is 12.9. The molecule has 0 radical (unpaired) electrons. The van der Waals surface area contributed by atoms with Gasteiger partial charge in [-0.05, 0) is 43.4 Å². The molecule has 7 heteroatoms. The number of ether oxygens (including phenoxy) is 1. The van der Waals surface area contributed by atoms with Crippen LogP contribution in [0.3, 0.4) is 0 Å². The van der Waals surface area contributed by atoms with E-state index in [0.717, 1.165) is 64.3 Å². The van der Waals surface area contributed by atoms with Gasteiger partial charge < -0.3 is 9.64 Å². The van der Waals surface area contributed by atoms with E-state index in [9.17, 15) is 13.2 Å². The predicted octanol–water partition coefficient (Wildman–Crippen LogP) is 1.58. The normalized spacial score (nSPS) is 20.3. The molecule has 0 N–H and O–H groups in total. The quantitative estimate of drug-likeness (QED) is 0.793. The zero-order chi connectivity index (χ0) is 18.7. The van der Waals surface area contributed by atoms with Crippen LogP contribution in [0.2, 0.25) is 0 Å². The molecule has 2 fully saturated rings. The van der Waals surface area contributed by atoms with Crippen molar-refractivity contribution < 1.29 is 17.9 Å². The topological polar surface area (TPSA) is 66.9 Å². The maximum atomic E-state index is 12.9. The minimum atomic E-state index is -3.32. The molecule has 26 heavy (non-hydrogen) atoms. The molecular weight excluding hydrogens is 352 g/mol. The zero-order valence-electron chi connectivity index (χ0n) is 15.6. The Labute approximate surface area is 156 Å². The average Bonchev–Trinajstić information content (AvgIpc) is 2.62. The van der Waals surface area contributed by atoms with Gasteiger partial charge in [-0.2, -0.15) is 0 Å². The summed E-state index contributed by atoms with van der Waals surface area (Å²) in [4.78, 5) is 17.4. The molecule has 1 aromatic rings. The van der Waals surface area contributed by atoms with Gasteiger partial charge in [0.05, 0.1) is 18.1 Å². The third-order valence-corrected chi connectivity index (χ3v) is 6.50. The Balaban J connectivity index is 1.61. The summed E-state index contributed by atoms with van der Waals surface area (Å²) in [7, 11) is -3.32. The lowest BCUT2D eigenvalue weighted by molar-refractivity contribution is 0.0243. The summed E-state index contributed by atoms with van der Waals surface area (Å²) in [5.74, 6) is 0.554. The summed E-state index contributed by atoms with van der Waals surface area (Å²) < 4.78 is 29.0. The van der Waals surface area contributed by atoms with Crippen molar-refractivity contribution in [2.24, 2.45) is 5.92 Å². The van der Waals surface area contributed by atoms with Crippen LogP contribution < -0.4 is 0 Å². The standard InChI is InChI=1S/C19H28N2O4S/c1-15-3-4-17(26(2,23)24)13-18(15)19(22)21-7-5-16(6-8-21)14-20-9-11-25-12-10-20/h3-4,13,16H,5-12,14H2,1-2H3. The summed E-state index contributed by atoms with van der Waals surface area (Å²) >= 11 is 0. The summed E-state index contributed by atoms with van der Waals surface area (Å²) in [5.41, 5.74) is 1.32. The highest BCUT2D eigenvalue weighted by atomic mass is 32.2. The second-order valence-electron chi connectivity index (χ2n) is 7.40. The third-order valence-electron chi connectivity index (χ3n) is 5.39. The summed E-state index contributed by atoms with van der Waals surface area (Å²) in [6.07, 6.45) is 3.16. The smallest absolute Gasteiger partial charge is 0.254 e. The number of piperidine rings is 1. The highest BCUT2D eigenvalue weighted by molar-refractivity contribution is 7.90. The van der Waals surface area contributed by atoms with Gasteiger partial charge in [-0.15, -0.1) is 0 Å². The number of hydrogen-bond acceptors (Lipinski definition) is 5. The molecule has 0 aromatic heterocycles. The lowest BCUT2D eigenvalue weighted by Gasteiger charge is -2.36. The molecule has 144 valence electrons. The number of rotatable bonds is 4. The Hall–Kier alpha value is -1.44. The first-order chi connectivity index (χ1) is 12.3. The highest BCUT2D eigenvalue weighted by Crippen LogP contribution is 2.23. The van der Waals surface area contributed by atoms with E-state index in [2.05, 4.69) is 4.90 Å². The Morgan fingerprint density at radius 3 is 2.42 bits per heavy atom. The SMILES string of the molecule is Cc1ccc(S(C)(=O)=O)cc1C(=O)N1CCC(CN2CCOCC2)CC1. The van der Waals surface area contributed by atoms with Crippen LogP contribution in [0, 0.1) is 12.8 Å². The van der Waals surface area contributed by atoms with Crippen molar-refractivity contribution in [1.29, 1.82) is 0 Å². The van der Waals surface area contributed by atoms with Gasteiger partial charge in [0.2, 0.25) is 0 Å². The first-order valence-corrected chi connectivity index (χ1v) is 11.1. The Bertz CT molecular complexity index is 749. The number of carbonyl (C=O) groups excluding carboxylic acids is 1. The Morgan fingerprint density at radius 1 is 1.15 bits per heavy atom. The van der Waals surface area contributed by atoms with Gasteiger partial charge in [0.1, 0.15) is 0 Å². The molecule has 6 nitrogen and oxygen atoms in total. The van der Waals surface area contributed by atoms with Gasteiger partial charge in [0.25, 0.3) is 5.91 Å². The number of nitrogens with zero attached hydrogens (tertiary/aromatic N) is 2. The fourth-order valence-corrected chi connectivity index (χ4v) is 4.35. The second kappa shape index (κ2) is 8.06. The fourth-order valence-electron chi connectivity index (χ4n) is 3.70. The van der Waals surface area contributed by atoms with Gasteiger partial charge in [-0.1, -0.05) is 6.07 Å². The second-order valence-corrected chi connectivity index (χ2v) is 9.41. The van der Waals surface area contributed by atoms with E-state index in [1.807, 2.05) is 11.8 Å². The summed E-state index contributed by atoms with van der Waals surface area (Å²) in [6.45, 7) is 8.01. The minimum absolute atomic E-state index is 0.0576. The van der Waals surface area contributed by atoms with Crippen LogP contribution >= 0.6 is 0 Å². The monoisotopic (exact) mass is 380 g/mol. The Morgan fingerprint density at radius 2 is 1.81 bits per heavy atom. The number of likely N-dealkylation sites (tertiary alicyclic amines) is 1. The van der Waals surface area contributed by atoms with Crippen LogP contribution in [-0.4, -0.2) is 76.3 Å². The molecule has 3 rings (SSSR count). The number of aryl methyl sites for hydroxylation is 1. The van der Waals surface area contributed by atoms with Crippen molar-refractivity contribution in [2.75, 3.05) is 52.2 Å². The van der Waals surface area contributed by atoms with Crippen LogP contribution in [0.4, 0.5) is 0 Å². The largest absolute Gasteiger partial charge is 0.379 e. The van der Waals surface area contributed by atoms with Crippen LogP contribution in [0.5, 0.6) is 0 Å². The van der Waals surface area contributed by atoms with E-state index in [-0.39, 0.29) is 10.8 Å². The van der Waals surface area contributed by atoms with Gasteiger partial charge in [-0.3, -0.25) is 9.69 Å². The van der Waals surface area contributed by atoms with Gasteiger partial charge in [-0.25, -0.2) is 8.42 Å². The van der Waals surface area contributed by atoms with Crippen molar-refractivity contribution in [2.45, 2.75) is 24.7 Å². The van der Waals surface area contributed by atoms with Crippen LogP contribution in [-0.2, 0) is 14.6 Å². The van der Waals surface area contributed by atoms with Crippen molar-refractivity contribution in [3.63, 3.8) is 0 Å². The van der Waals surface area contributed by atoms with E-state index in [1.54, 1.807) is 12.1 Å². The number of morpholine rings is 1. The summed E-state index contributed by atoms with van der Waals surface area (Å²) in [5, 5.41) is 0. The molecule has 0 bridgehead atoms. The first-order valence-electron chi connectivity index (χ1n) is 9.24. The molecule has 1 amide bonds. The number of benzene rings is 1. The molecule has 2 aliphatic rings. The van der Waals surface area contributed by atoms with Crippen molar-refractivity contribution in [3.05, 3.63) is 29.3 Å². The van der Waals surface area contributed by atoms with E-state index in [1.165, 1.54) is 12.3 Å². The molecule has 0 atom stereocenters. The molecule has 2 saturated heterocycles. The zero-order valence-corrected chi connectivity index (χ0v) is 16.4. The van der Waals surface area contributed by atoms with Crippen molar-refractivity contribution in [3.8, 4) is 0 Å². The Kier molecular flexibility index (Phi) is 5.99. The molecule has 0 unspecified atom stereocenters. The number of sulfone groups is 1. The molecule has 0 aliphatic carbocycles. The van der Waals surface area contributed by atoms with Gasteiger partial charge in [0.15, 0.2) is 9.84 Å². The number of carbonyl (C=O) groups is 1. The van der Waals surface area contributed by atoms with Gasteiger partial charge >= 0.3 is 0 Å². The lowest BCUT2D eigenvalue weighted by Crippen LogP contribution is -2.44. The molecule has 0 saturated carbocycles. The first kappa shape index (κ1) is 19.3. The predicted molar refractivity (Wildman–Crippen MR) is 100 cm³/mol. The molecule has 2 heterocycles. The molecule has 2 aliphatic heterocycles. The molecule has 0 spiro atoms. The van der Waals surface area contributed by atoms with Crippen LogP contribution in [0.25, 0.3) is 0 Å². The third kappa shape index (κ3) is 4.64. The van der Waals surface area contributed by atoms with Crippen molar-refractivity contribution in [1.82, 2.24) is 9.80 Å². The van der Waals surface area contributed by atoms with E-state index < -0.39 is 9.84 Å². The molecular formula is C19H28N2O4S. The van der Waals surface area contributed by atoms with Crippen LogP contribution in [0.1, 0.15) is 28.8 Å². The summed E-state index contributed by atoms with van der Waals surface area (Å²) in [6, 6.07) is 4.80.